The van der Waals surface area contributed by atoms with Gasteiger partial charge in [0.05, 0.1) is 24.1 Å². The van der Waals surface area contributed by atoms with Crippen molar-refractivity contribution in [3.05, 3.63) is 80.6 Å². The number of amides is 1. The van der Waals surface area contributed by atoms with Crippen LogP contribution in [0.4, 0.5) is 13.2 Å². The second-order valence-electron chi connectivity index (χ2n) is 9.30. The molecule has 38 heavy (non-hydrogen) atoms. The molecule has 1 saturated carbocycles. The fourth-order valence-electron chi connectivity index (χ4n) is 4.09. The Bertz CT molecular complexity index is 1510. The first-order chi connectivity index (χ1) is 17.8. The number of nitrogens with zero attached hydrogens (tertiary/aromatic N) is 2. The highest BCUT2D eigenvalue weighted by atomic mass is 32.2. The van der Waals surface area contributed by atoms with Crippen LogP contribution in [-0.2, 0) is 29.2 Å². The van der Waals surface area contributed by atoms with Crippen molar-refractivity contribution < 1.29 is 30.9 Å². The molecule has 1 aromatic carbocycles. The van der Waals surface area contributed by atoms with Crippen LogP contribution in [-0.4, -0.2) is 36.8 Å². The maximum Gasteiger partial charge on any atom is 0.416 e. The number of benzene rings is 1. The summed E-state index contributed by atoms with van der Waals surface area (Å²) in [6.07, 6.45) is -0.952. The first-order valence-electron chi connectivity index (χ1n) is 11.9. The molecule has 2 heterocycles. The van der Waals surface area contributed by atoms with Gasteiger partial charge >= 0.3 is 6.18 Å². The molecule has 9 nitrogen and oxygen atoms in total. The second kappa shape index (κ2) is 10.7. The minimum Gasteiger partial charge on any atom is -0.359 e. The fourth-order valence-corrected chi connectivity index (χ4v) is 4.60. The lowest BCUT2D eigenvalue weighted by Crippen LogP contribution is -2.34. The van der Waals surface area contributed by atoms with E-state index in [9.17, 15) is 31.2 Å². The molecular weight excluding hydrogens is 525 g/mol. The predicted octanol–water partition coefficient (Wildman–Crippen LogP) is 3.44. The molecule has 4 rings (SSSR count). The summed E-state index contributed by atoms with van der Waals surface area (Å²) >= 11 is 0. The molecule has 0 bridgehead atoms. The number of aromatic nitrogens is 2. The van der Waals surface area contributed by atoms with Gasteiger partial charge in [0.15, 0.2) is 5.76 Å². The van der Waals surface area contributed by atoms with Gasteiger partial charge < -0.3 is 9.84 Å². The van der Waals surface area contributed by atoms with E-state index in [1.165, 1.54) is 18.2 Å². The van der Waals surface area contributed by atoms with Crippen LogP contribution in [0.15, 0.2) is 45.7 Å². The number of hydrogen-bond donors (Lipinski definition) is 2. The van der Waals surface area contributed by atoms with Crippen LogP contribution in [0.5, 0.6) is 0 Å². The number of hydrogen-bond acceptors (Lipinski definition) is 6. The molecule has 0 atom stereocenters. The maximum absolute atomic E-state index is 13.4. The Morgan fingerprint density at radius 2 is 1.95 bits per heavy atom. The van der Waals surface area contributed by atoms with Gasteiger partial charge in [-0.25, -0.2) is 13.1 Å². The molecule has 1 amide bonds. The van der Waals surface area contributed by atoms with E-state index in [1.54, 1.807) is 13.0 Å². The summed E-state index contributed by atoms with van der Waals surface area (Å²) in [7, 11) is -3.41. The maximum atomic E-state index is 13.4. The van der Waals surface area contributed by atoms with Gasteiger partial charge in [0.2, 0.25) is 10.0 Å². The third-order valence-electron chi connectivity index (χ3n) is 6.21. The number of alkyl halides is 3. The molecule has 1 aliphatic carbocycles. The SMILES string of the molecule is Cc1c(CCCNS(C)(=O)=O)cc(C(=O)NCc2cc(C3CC3)no2)c(=O)n1-c1cccc(C(F)(F)F)c1. The number of sulfonamides is 1. The average Bonchev–Trinajstić information content (AvgIpc) is 3.58. The number of aryl methyl sites for hydroxylation is 1. The van der Waals surface area contributed by atoms with Gasteiger partial charge in [-0.2, -0.15) is 13.2 Å². The number of carbonyl (C=O) groups excluding carboxylic acids is 1. The Kier molecular flexibility index (Phi) is 7.79. The Hall–Kier alpha value is -3.45. The molecule has 0 saturated heterocycles. The first kappa shape index (κ1) is 27.6. The molecule has 2 N–H and O–H groups in total. The molecule has 3 aromatic rings. The Labute approximate surface area is 217 Å². The van der Waals surface area contributed by atoms with Gasteiger partial charge in [-0.05, 0) is 62.4 Å². The van der Waals surface area contributed by atoms with Crippen LogP contribution in [0.1, 0.15) is 63.8 Å². The van der Waals surface area contributed by atoms with E-state index < -0.39 is 33.2 Å². The molecule has 0 aliphatic heterocycles. The summed E-state index contributed by atoms with van der Waals surface area (Å²) in [4.78, 5) is 26.5. The summed E-state index contributed by atoms with van der Waals surface area (Å²) in [6, 6.07) is 7.42. The van der Waals surface area contributed by atoms with Crippen LogP contribution in [0.3, 0.4) is 0 Å². The largest absolute Gasteiger partial charge is 0.416 e. The average molecular weight is 553 g/mol. The Morgan fingerprint density at radius 1 is 1.21 bits per heavy atom. The van der Waals surface area contributed by atoms with E-state index in [-0.39, 0.29) is 30.8 Å². The standard InChI is InChI=1S/C25H27F3N4O5S/c1-15-17(5-4-10-30-38(2,35)36)11-21(23(33)29-14-20-13-22(31-37-20)16-8-9-16)24(34)32(15)19-7-3-6-18(12-19)25(26,27)28/h3,6-7,11-13,16,30H,4-5,8-10,14H2,1-2H3,(H,29,33). The quantitative estimate of drug-likeness (QED) is 0.372. The van der Waals surface area contributed by atoms with Gasteiger partial charge in [-0.3, -0.25) is 14.2 Å². The lowest BCUT2D eigenvalue weighted by Gasteiger charge is -2.18. The Morgan fingerprint density at radius 3 is 2.61 bits per heavy atom. The normalized spacial score (nSPS) is 14.0. The highest BCUT2D eigenvalue weighted by Crippen LogP contribution is 2.39. The van der Waals surface area contributed by atoms with Crippen molar-refractivity contribution in [2.75, 3.05) is 12.8 Å². The topological polar surface area (TPSA) is 123 Å². The van der Waals surface area contributed by atoms with Crippen molar-refractivity contribution in [3.63, 3.8) is 0 Å². The van der Waals surface area contributed by atoms with Gasteiger partial charge in [0.1, 0.15) is 5.56 Å². The molecule has 2 aromatic heterocycles. The summed E-state index contributed by atoms with van der Waals surface area (Å²) < 4.78 is 71.5. The molecule has 1 aliphatic rings. The van der Waals surface area contributed by atoms with E-state index in [2.05, 4.69) is 15.2 Å². The van der Waals surface area contributed by atoms with Crippen LogP contribution < -0.4 is 15.6 Å². The van der Waals surface area contributed by atoms with Crippen LogP contribution in [0.25, 0.3) is 5.69 Å². The number of rotatable bonds is 10. The number of nitrogens with one attached hydrogen (secondary N) is 2. The van der Waals surface area contributed by atoms with Crippen LogP contribution in [0.2, 0.25) is 0 Å². The number of halogens is 3. The third-order valence-corrected chi connectivity index (χ3v) is 6.94. The van der Waals surface area contributed by atoms with Crippen molar-refractivity contribution in [2.24, 2.45) is 0 Å². The zero-order chi connectivity index (χ0) is 27.7. The molecule has 13 heteroatoms. The van der Waals surface area contributed by atoms with Crippen molar-refractivity contribution >= 4 is 15.9 Å². The zero-order valence-corrected chi connectivity index (χ0v) is 21.6. The number of carbonyl (C=O) groups is 1. The summed E-state index contributed by atoms with van der Waals surface area (Å²) in [6.45, 7) is 1.65. The molecular formula is C25H27F3N4O5S. The Balaban J connectivity index is 1.66. The molecule has 204 valence electrons. The summed E-state index contributed by atoms with van der Waals surface area (Å²) in [5.74, 6) is 0.0490. The fraction of sp³-hybridized carbons (Fsp3) is 0.400. The lowest BCUT2D eigenvalue weighted by molar-refractivity contribution is -0.137. The van der Waals surface area contributed by atoms with Crippen molar-refractivity contribution in [3.8, 4) is 5.69 Å². The van der Waals surface area contributed by atoms with Crippen molar-refractivity contribution in [1.29, 1.82) is 0 Å². The van der Waals surface area contributed by atoms with Crippen molar-refractivity contribution in [2.45, 2.75) is 51.2 Å². The molecule has 1 fully saturated rings. The van der Waals surface area contributed by atoms with E-state index in [1.807, 2.05) is 0 Å². The first-order valence-corrected chi connectivity index (χ1v) is 13.8. The lowest BCUT2D eigenvalue weighted by atomic mass is 10.0. The molecule has 0 radical (unpaired) electrons. The van der Waals surface area contributed by atoms with Crippen LogP contribution >= 0.6 is 0 Å². The highest BCUT2D eigenvalue weighted by Gasteiger charge is 2.31. The third kappa shape index (κ3) is 6.70. The van der Waals surface area contributed by atoms with E-state index in [4.69, 9.17) is 4.52 Å². The van der Waals surface area contributed by atoms with Gasteiger partial charge in [0.25, 0.3) is 11.5 Å². The minimum absolute atomic E-state index is 0.0248. The van der Waals surface area contributed by atoms with E-state index in [0.29, 0.717) is 29.4 Å². The van der Waals surface area contributed by atoms with Crippen LogP contribution in [0, 0.1) is 6.92 Å². The summed E-state index contributed by atoms with van der Waals surface area (Å²) in [5.41, 5.74) is -0.368. The number of pyridine rings is 1. The monoisotopic (exact) mass is 552 g/mol. The summed E-state index contributed by atoms with van der Waals surface area (Å²) in [5, 5.41) is 6.60. The van der Waals surface area contributed by atoms with Crippen molar-refractivity contribution in [1.82, 2.24) is 19.8 Å². The van der Waals surface area contributed by atoms with E-state index in [0.717, 1.165) is 41.5 Å². The molecule has 0 unspecified atom stereocenters. The minimum atomic E-state index is -4.63. The molecule has 0 spiro atoms. The second-order valence-corrected chi connectivity index (χ2v) is 11.1. The van der Waals surface area contributed by atoms with Gasteiger partial charge in [-0.15, -0.1) is 0 Å². The van der Waals surface area contributed by atoms with Gasteiger partial charge in [0, 0.05) is 29.9 Å². The van der Waals surface area contributed by atoms with E-state index >= 15 is 0 Å². The smallest absolute Gasteiger partial charge is 0.359 e. The predicted molar refractivity (Wildman–Crippen MR) is 133 cm³/mol. The zero-order valence-electron chi connectivity index (χ0n) is 20.8. The van der Waals surface area contributed by atoms with Gasteiger partial charge in [-0.1, -0.05) is 11.2 Å². The highest BCUT2D eigenvalue weighted by molar-refractivity contribution is 7.88.